The van der Waals surface area contributed by atoms with Crippen LogP contribution in [0.3, 0.4) is 0 Å². The smallest absolute Gasteiger partial charge is 0.329 e. The fraction of sp³-hybridized carbons (Fsp3) is 0.534. The van der Waals surface area contributed by atoms with Crippen molar-refractivity contribution in [2.24, 2.45) is 27.7 Å². The molecule has 2 heterocycles. The Morgan fingerprint density at radius 1 is 0.605 bits per heavy atom. The van der Waals surface area contributed by atoms with E-state index in [2.05, 4.69) is 80.3 Å². The minimum absolute atomic E-state index is 0.0227. The van der Waals surface area contributed by atoms with Gasteiger partial charge in [-0.15, -0.1) is 0 Å². The number of primary amides is 1. The molecule has 13 unspecified atom stereocenters. The van der Waals surface area contributed by atoms with E-state index in [1.165, 1.54) is 24.3 Å². The second-order valence-corrected chi connectivity index (χ2v) is 27.7. The maximum Gasteiger partial charge on any atom is 0.329 e. The summed E-state index contributed by atoms with van der Waals surface area (Å²) in [6, 6.07) is -10.4. The van der Waals surface area contributed by atoms with E-state index >= 15 is 4.79 Å². The number of azide groups is 1. The summed E-state index contributed by atoms with van der Waals surface area (Å²) in [5.41, 5.74) is 21.3. The average molecular weight is 1680 g/mol. The maximum absolute atomic E-state index is 15.2. The van der Waals surface area contributed by atoms with Gasteiger partial charge in [-0.1, -0.05) is 105 Å². The zero-order valence-electron chi connectivity index (χ0n) is 65.8. The summed E-state index contributed by atoms with van der Waals surface area (Å²) in [4.78, 5) is 272. The molecule has 46 nitrogen and oxygen atoms in total. The van der Waals surface area contributed by atoms with Crippen molar-refractivity contribution in [2.75, 3.05) is 33.4 Å². The van der Waals surface area contributed by atoms with Crippen molar-refractivity contribution in [1.82, 2.24) is 74.1 Å². The summed E-state index contributed by atoms with van der Waals surface area (Å²) in [5.74, 6) is -28.7. The number of aliphatic hydroxyl groups is 1. The third-order valence-electron chi connectivity index (χ3n) is 18.2. The maximum atomic E-state index is 15.2. The molecule has 1 fully saturated rings. The number of para-hydroxylation sites is 1. The normalized spacial score (nSPS) is 20.9. The van der Waals surface area contributed by atoms with Gasteiger partial charge in [0, 0.05) is 52.5 Å². The number of benzene rings is 2. The van der Waals surface area contributed by atoms with Gasteiger partial charge >= 0.3 is 29.8 Å². The Balaban J connectivity index is 1.93. The van der Waals surface area contributed by atoms with Gasteiger partial charge in [0.1, 0.15) is 79.7 Å². The first-order valence-electron chi connectivity index (χ1n) is 37.8. The van der Waals surface area contributed by atoms with Crippen molar-refractivity contribution in [1.29, 1.82) is 0 Å². The van der Waals surface area contributed by atoms with Crippen LogP contribution in [0.5, 0.6) is 0 Å². The topological polar surface area (TPSA) is 729 Å². The van der Waals surface area contributed by atoms with E-state index in [-0.39, 0.29) is 42.8 Å². The third-order valence-corrected chi connectivity index (χ3v) is 18.2. The van der Waals surface area contributed by atoms with Crippen LogP contribution < -0.4 is 80.6 Å². The van der Waals surface area contributed by atoms with E-state index in [1.54, 1.807) is 30.5 Å². The van der Waals surface area contributed by atoms with Crippen molar-refractivity contribution in [2.45, 2.75) is 209 Å². The van der Waals surface area contributed by atoms with E-state index in [4.69, 9.17) is 21.0 Å². The SMILES string of the molecule is CCCCCCCCCC(=O)NC(Cc1c[nH]c2ccccc12)C(=O)NC(CC(N)=O)C(=O)NC(CC(=O)O)C(=O)NC1C(=O)NCC(=O)NC(CCCN)C(=O)NC(CC(=O)O)C(=O)NC(C)C(=O)NC(CC(=O)O)C(=O)NCC(=O)NC(CO)C(=O)NC(C(C)CC(=O)O)C(=O)NC(C/C(=N\OC)c2ccccc2N=[N+]=[N-])C(=O)OC1C. The highest BCUT2D eigenvalue weighted by Crippen LogP contribution is 2.24. The van der Waals surface area contributed by atoms with E-state index in [1.807, 2.05) is 16.0 Å². The molecular formula is C73H102N20O26. The number of unbranched alkanes of at least 4 members (excludes halogenated alkanes) is 6. The highest BCUT2D eigenvalue weighted by Gasteiger charge is 2.41. The van der Waals surface area contributed by atoms with Gasteiger partial charge in [0.15, 0.2) is 0 Å². The number of cyclic esters (lactones) is 1. The quantitative estimate of drug-likeness (QED) is 0.00496. The Morgan fingerprint density at radius 3 is 1.76 bits per heavy atom. The molecule has 46 heteroatoms. The summed E-state index contributed by atoms with van der Waals surface area (Å²) in [6.45, 7) is 1.12. The number of aliphatic carboxylic acids is 4. The molecule has 1 aliphatic rings. The van der Waals surface area contributed by atoms with E-state index in [0.29, 0.717) is 29.3 Å². The van der Waals surface area contributed by atoms with Crippen LogP contribution in [0.1, 0.15) is 142 Å². The average Bonchev–Trinajstić information content (AvgIpc) is 1.72. The molecule has 3 aromatic rings. The van der Waals surface area contributed by atoms with Gasteiger partial charge in [-0.3, -0.25) is 86.3 Å². The lowest BCUT2D eigenvalue weighted by Crippen LogP contribution is -2.62. The summed E-state index contributed by atoms with van der Waals surface area (Å²) >= 11 is 0. The number of carbonyl (C=O) groups excluding carboxylic acids is 15. The van der Waals surface area contributed by atoms with E-state index in [0.717, 1.165) is 60.0 Å². The first kappa shape index (κ1) is 98.0. The highest BCUT2D eigenvalue weighted by atomic mass is 16.6. The van der Waals surface area contributed by atoms with Gasteiger partial charge in [-0.2, -0.15) is 0 Å². The molecule has 0 saturated carbocycles. The highest BCUT2D eigenvalue weighted by molar-refractivity contribution is 6.07. The largest absolute Gasteiger partial charge is 0.481 e. The van der Waals surface area contributed by atoms with Gasteiger partial charge in [0.25, 0.3) is 0 Å². The number of carboxylic acid groups (broad SMARTS) is 4. The molecule has 1 saturated heterocycles. The van der Waals surface area contributed by atoms with Gasteiger partial charge in [-0.25, -0.2) is 4.79 Å². The lowest BCUT2D eigenvalue weighted by atomic mass is 9.95. The second-order valence-electron chi connectivity index (χ2n) is 27.7. The van der Waals surface area contributed by atoms with Crippen molar-refractivity contribution in [3.8, 4) is 0 Å². The van der Waals surface area contributed by atoms with Crippen LogP contribution in [0.4, 0.5) is 5.69 Å². The number of fused-ring (bicyclic) bond motifs is 1. The zero-order valence-corrected chi connectivity index (χ0v) is 65.8. The lowest BCUT2D eigenvalue weighted by Gasteiger charge is -2.30. The Bertz CT molecular complexity index is 4240. The molecule has 119 heavy (non-hydrogen) atoms. The van der Waals surface area contributed by atoms with Crippen LogP contribution >= 0.6 is 0 Å². The molecule has 13 atom stereocenters. The number of esters is 1. The number of aromatic amines is 1. The molecule has 0 bridgehead atoms. The summed E-state index contributed by atoms with van der Waals surface area (Å²) in [5, 5.41) is 86.8. The standard InChI is InChI=1S/C73H102N20O26/c1-6-7-8-9-10-11-12-23-54(96)82-46(26-39-32-77-42-20-15-13-18-40(39)42)67(111)85-47(28-53(75)95)68(112)87-50(31-60(105)106)69(113)90-62-38(4)119-73(117)51(27-45(92-118-5)41-19-14-16-21-43(41)91-93-76)88-72(116)61(36(2)25-57(99)100)89-70(114)52(35-94)83-56(98)33-78-64(108)48(29-58(101)102)84-63(107)37(3)80-66(110)49(30-59(103)104)86-65(109)44(22-17-24-74)81-55(97)34-79-71(62)115/h13-16,18-21,32,36-38,44,46-52,61-62,77,94H,6-12,17,22-31,33-35,74H2,1-5H3,(H2,75,95)(H,78,108)(H,79,115)(H,80,110)(H,81,97)(H,82,96)(H,83,98)(H,84,107)(H,85,111)(H,86,109)(H,87,112)(H,88,116)(H,89,114)(H,90,113)(H,99,100)(H,101,102)(H,103,104)(H,105,106)/b92-45+. The van der Waals surface area contributed by atoms with Crippen molar-refractivity contribution >= 4 is 135 Å². The zero-order chi connectivity index (χ0) is 88.6. The molecule has 23 N–H and O–H groups in total. The first-order valence-corrected chi connectivity index (χ1v) is 37.8. The van der Waals surface area contributed by atoms with Crippen LogP contribution in [-0.2, 0) is 107 Å². The number of aromatic nitrogens is 1. The number of ether oxygens (including phenoxy) is 1. The van der Waals surface area contributed by atoms with Crippen molar-refractivity contribution < 1.29 is 126 Å². The van der Waals surface area contributed by atoms with Crippen LogP contribution in [0.2, 0.25) is 0 Å². The fourth-order valence-electron chi connectivity index (χ4n) is 12.0. The van der Waals surface area contributed by atoms with E-state index < -0.39 is 256 Å². The molecule has 0 spiro atoms. The monoisotopic (exact) mass is 1670 g/mol. The second kappa shape index (κ2) is 50.2. The summed E-state index contributed by atoms with van der Waals surface area (Å²) in [6.07, 6.45) is -2.20. The number of rotatable bonds is 37. The number of nitrogens with one attached hydrogen (secondary N) is 14. The number of aliphatic hydroxyl groups excluding tert-OH is 1. The minimum Gasteiger partial charge on any atom is -0.481 e. The lowest BCUT2D eigenvalue weighted by molar-refractivity contribution is -0.156. The molecular weight excluding hydrogens is 1570 g/mol. The number of amides is 14. The van der Waals surface area contributed by atoms with Crippen LogP contribution in [0, 0.1) is 5.92 Å². The number of carbonyl (C=O) groups is 19. The van der Waals surface area contributed by atoms with E-state index in [9.17, 15) is 117 Å². The number of hydrogen-bond donors (Lipinski definition) is 21. The van der Waals surface area contributed by atoms with Crippen LogP contribution in [0.15, 0.2) is 65.0 Å². The Morgan fingerprint density at radius 2 is 1.16 bits per heavy atom. The summed E-state index contributed by atoms with van der Waals surface area (Å²) in [7, 11) is 1.01. The van der Waals surface area contributed by atoms with Gasteiger partial charge in [0.2, 0.25) is 82.7 Å². The van der Waals surface area contributed by atoms with Crippen molar-refractivity contribution in [3.05, 3.63) is 76.3 Å². The molecule has 0 radical (unpaired) electrons. The molecule has 14 amide bonds. The molecule has 650 valence electrons. The number of carboxylic acids is 4. The fourth-order valence-corrected chi connectivity index (χ4v) is 12.0. The predicted octanol–water partition coefficient (Wildman–Crippen LogP) is -4.09. The summed E-state index contributed by atoms with van der Waals surface area (Å²) < 4.78 is 5.81. The number of hydrogen-bond acceptors (Lipinski definition) is 25. The Hall–Kier alpha value is -13.4. The molecule has 2 aromatic carbocycles. The Labute approximate surface area is 679 Å². The molecule has 1 aliphatic heterocycles. The molecule has 0 aliphatic carbocycles. The van der Waals surface area contributed by atoms with Crippen LogP contribution in [-0.4, -0.2) is 255 Å². The van der Waals surface area contributed by atoms with Crippen molar-refractivity contribution in [3.63, 3.8) is 0 Å². The van der Waals surface area contributed by atoms with Gasteiger partial charge in [0.05, 0.1) is 57.5 Å². The van der Waals surface area contributed by atoms with Gasteiger partial charge < -0.3 is 121 Å². The van der Waals surface area contributed by atoms with Crippen LogP contribution in [0.25, 0.3) is 21.3 Å². The third kappa shape index (κ3) is 33.8. The molecule has 1 aromatic heterocycles. The number of H-pyrrole nitrogens is 1. The number of nitrogens with zero attached hydrogens (tertiary/aromatic N) is 4. The first-order chi connectivity index (χ1) is 56.4. The minimum atomic E-state index is -2.46. The number of nitrogens with two attached hydrogens (primary N) is 2. The molecule has 4 rings (SSSR count). The predicted molar refractivity (Wildman–Crippen MR) is 414 cm³/mol. The Kier molecular flexibility index (Phi) is 41.3. The van der Waals surface area contributed by atoms with Gasteiger partial charge in [-0.05, 0) is 62.7 Å². The number of oxime groups is 1.